The minimum Gasteiger partial charge on any atom is -0.390 e. The van der Waals surface area contributed by atoms with Crippen LogP contribution in [0, 0.1) is 11.7 Å². The molecule has 1 saturated heterocycles. The number of aliphatic hydroxyl groups is 1. The molecule has 1 aromatic heterocycles. The lowest BCUT2D eigenvalue weighted by atomic mass is 9.86. The Morgan fingerprint density at radius 1 is 1.43 bits per heavy atom. The number of imidazole rings is 1. The molecule has 0 radical (unpaired) electrons. The van der Waals surface area contributed by atoms with Crippen LogP contribution in [0.5, 0.6) is 0 Å². The number of H-pyrrole nitrogens is 1. The van der Waals surface area contributed by atoms with Crippen molar-refractivity contribution in [2.75, 3.05) is 13.1 Å². The van der Waals surface area contributed by atoms with Crippen molar-refractivity contribution < 1.29 is 14.3 Å². The van der Waals surface area contributed by atoms with Crippen molar-refractivity contribution in [3.05, 3.63) is 29.8 Å². The number of halogens is 1. The average molecular weight is 319 g/mol. The Bertz CT molecular complexity index is 712. The van der Waals surface area contributed by atoms with Crippen molar-refractivity contribution in [3.63, 3.8) is 0 Å². The van der Waals surface area contributed by atoms with Crippen LogP contribution in [0.2, 0.25) is 0 Å². The number of benzene rings is 1. The van der Waals surface area contributed by atoms with E-state index in [2.05, 4.69) is 9.97 Å². The third-order valence-corrected chi connectivity index (χ3v) is 4.34. The topological polar surface area (TPSA) is 69.2 Å². The summed E-state index contributed by atoms with van der Waals surface area (Å²) in [5.74, 6) is 0.186. The molecule has 2 heterocycles. The van der Waals surface area contributed by atoms with Gasteiger partial charge in [-0.2, -0.15) is 0 Å². The average Bonchev–Trinajstić information content (AvgIpc) is 2.88. The Balaban J connectivity index is 1.66. The number of aromatic amines is 1. The lowest BCUT2D eigenvalue weighted by Crippen LogP contribution is -2.40. The number of hydrogen-bond acceptors (Lipinski definition) is 3. The molecular formula is C17H22FN3O2. The fourth-order valence-electron chi connectivity index (χ4n) is 3.28. The van der Waals surface area contributed by atoms with Gasteiger partial charge >= 0.3 is 0 Å². The molecule has 5 nitrogen and oxygen atoms in total. The summed E-state index contributed by atoms with van der Waals surface area (Å²) >= 11 is 0. The second kappa shape index (κ2) is 5.92. The fraction of sp³-hybridized carbons (Fsp3) is 0.529. The number of carbonyl (C=O) groups excluding carboxylic acids is 1. The fourth-order valence-corrected chi connectivity index (χ4v) is 3.28. The second-order valence-corrected chi connectivity index (χ2v) is 7.00. The Morgan fingerprint density at radius 3 is 2.78 bits per heavy atom. The molecule has 0 bridgehead atoms. The van der Waals surface area contributed by atoms with Crippen LogP contribution in [0.15, 0.2) is 18.2 Å². The highest BCUT2D eigenvalue weighted by atomic mass is 19.1. The van der Waals surface area contributed by atoms with E-state index in [4.69, 9.17) is 0 Å². The van der Waals surface area contributed by atoms with Gasteiger partial charge in [0, 0.05) is 13.1 Å². The van der Waals surface area contributed by atoms with Gasteiger partial charge < -0.3 is 15.0 Å². The predicted octanol–water partition coefficient (Wildman–Crippen LogP) is 2.72. The van der Waals surface area contributed by atoms with Crippen molar-refractivity contribution in [2.45, 2.75) is 38.7 Å². The summed E-state index contributed by atoms with van der Waals surface area (Å²) in [6, 6.07) is 4.24. The molecule has 23 heavy (non-hydrogen) atoms. The van der Waals surface area contributed by atoms with Gasteiger partial charge in [-0.25, -0.2) is 9.37 Å². The van der Waals surface area contributed by atoms with E-state index in [0.717, 1.165) is 19.3 Å². The Morgan fingerprint density at radius 2 is 2.13 bits per heavy atom. The highest BCUT2D eigenvalue weighted by molar-refractivity contribution is 5.94. The van der Waals surface area contributed by atoms with E-state index >= 15 is 0 Å². The lowest BCUT2D eigenvalue weighted by Gasteiger charge is -2.34. The van der Waals surface area contributed by atoms with E-state index in [0.29, 0.717) is 30.0 Å². The second-order valence-electron chi connectivity index (χ2n) is 7.00. The first-order valence-electron chi connectivity index (χ1n) is 7.99. The van der Waals surface area contributed by atoms with Crippen molar-refractivity contribution in [1.82, 2.24) is 14.9 Å². The maximum atomic E-state index is 13.2. The molecule has 6 heteroatoms. The molecular weight excluding hydrogens is 297 g/mol. The first kappa shape index (κ1) is 15.9. The predicted molar refractivity (Wildman–Crippen MR) is 85.6 cm³/mol. The van der Waals surface area contributed by atoms with Gasteiger partial charge in [-0.15, -0.1) is 0 Å². The van der Waals surface area contributed by atoms with Crippen LogP contribution in [0.25, 0.3) is 11.0 Å². The van der Waals surface area contributed by atoms with E-state index in [-0.39, 0.29) is 17.5 Å². The first-order chi connectivity index (χ1) is 10.8. The number of carbonyl (C=O) groups is 1. The number of rotatable bonds is 3. The third-order valence-electron chi connectivity index (χ3n) is 4.34. The van der Waals surface area contributed by atoms with Gasteiger partial charge in [-0.05, 0) is 57.2 Å². The number of amides is 1. The number of aromatic nitrogens is 2. The quantitative estimate of drug-likeness (QED) is 0.914. The van der Waals surface area contributed by atoms with Crippen molar-refractivity contribution in [3.8, 4) is 0 Å². The van der Waals surface area contributed by atoms with Gasteiger partial charge in [-0.1, -0.05) is 0 Å². The van der Waals surface area contributed by atoms with E-state index < -0.39 is 5.60 Å². The summed E-state index contributed by atoms with van der Waals surface area (Å²) in [6.07, 6.45) is 2.51. The molecule has 1 aliphatic rings. The maximum Gasteiger partial charge on any atom is 0.289 e. The van der Waals surface area contributed by atoms with Gasteiger partial charge in [0.2, 0.25) is 0 Å². The number of hydrogen-bond donors (Lipinski definition) is 2. The Hall–Kier alpha value is -1.95. The highest BCUT2D eigenvalue weighted by Gasteiger charge is 2.28. The summed E-state index contributed by atoms with van der Waals surface area (Å²) in [5, 5.41) is 9.90. The molecule has 2 N–H and O–H groups in total. The summed E-state index contributed by atoms with van der Waals surface area (Å²) in [4.78, 5) is 21.5. The zero-order chi connectivity index (χ0) is 16.6. The molecule has 2 aromatic rings. The van der Waals surface area contributed by atoms with Gasteiger partial charge in [0.15, 0.2) is 5.82 Å². The highest BCUT2D eigenvalue weighted by Crippen LogP contribution is 2.26. The summed E-state index contributed by atoms with van der Waals surface area (Å²) < 4.78 is 13.2. The zero-order valence-electron chi connectivity index (χ0n) is 13.5. The molecule has 0 saturated carbocycles. The molecule has 0 unspecified atom stereocenters. The lowest BCUT2D eigenvalue weighted by molar-refractivity contribution is 0.0355. The van der Waals surface area contributed by atoms with Crippen LogP contribution in [-0.2, 0) is 0 Å². The molecule has 124 valence electrons. The number of piperidine rings is 1. The van der Waals surface area contributed by atoms with Crippen molar-refractivity contribution >= 4 is 16.9 Å². The van der Waals surface area contributed by atoms with Crippen LogP contribution in [0.1, 0.15) is 43.7 Å². The van der Waals surface area contributed by atoms with Crippen molar-refractivity contribution in [2.24, 2.45) is 5.92 Å². The first-order valence-corrected chi connectivity index (χ1v) is 7.99. The normalized spacial score (nSPS) is 17.0. The Kier molecular flexibility index (Phi) is 4.10. The smallest absolute Gasteiger partial charge is 0.289 e. The minimum atomic E-state index is -0.667. The molecule has 0 spiro atoms. The van der Waals surface area contributed by atoms with E-state index in [1.165, 1.54) is 12.1 Å². The maximum absolute atomic E-state index is 13.2. The van der Waals surface area contributed by atoms with Crippen LogP contribution in [-0.4, -0.2) is 44.6 Å². The molecule has 1 fully saturated rings. The minimum absolute atomic E-state index is 0.150. The number of fused-ring (bicyclic) bond motifs is 1. The van der Waals surface area contributed by atoms with E-state index in [1.807, 2.05) is 13.8 Å². The molecule has 0 aliphatic carbocycles. The van der Waals surface area contributed by atoms with E-state index in [9.17, 15) is 14.3 Å². The number of nitrogens with zero attached hydrogens (tertiary/aromatic N) is 2. The third kappa shape index (κ3) is 3.69. The van der Waals surface area contributed by atoms with Crippen LogP contribution in [0.3, 0.4) is 0 Å². The van der Waals surface area contributed by atoms with Crippen molar-refractivity contribution in [1.29, 1.82) is 0 Å². The SMILES string of the molecule is CC(C)(O)CC1CCN(C(=O)c2nc3ccc(F)cc3[nH]2)CC1. The molecule has 1 amide bonds. The number of nitrogens with one attached hydrogen (secondary N) is 1. The van der Waals surface area contributed by atoms with Crippen LogP contribution < -0.4 is 0 Å². The largest absolute Gasteiger partial charge is 0.390 e. The van der Waals surface area contributed by atoms with Crippen LogP contribution in [0.4, 0.5) is 4.39 Å². The Labute approximate surface area is 134 Å². The van der Waals surface area contributed by atoms with Crippen LogP contribution >= 0.6 is 0 Å². The van der Waals surface area contributed by atoms with E-state index in [1.54, 1.807) is 11.0 Å². The van der Waals surface area contributed by atoms with Gasteiger partial charge in [0.25, 0.3) is 5.91 Å². The molecule has 0 atom stereocenters. The molecule has 1 aliphatic heterocycles. The monoisotopic (exact) mass is 319 g/mol. The van der Waals surface area contributed by atoms with Gasteiger partial charge in [0.05, 0.1) is 16.6 Å². The zero-order valence-corrected chi connectivity index (χ0v) is 13.5. The molecule has 1 aromatic carbocycles. The molecule has 3 rings (SSSR count). The summed E-state index contributed by atoms with van der Waals surface area (Å²) in [7, 11) is 0. The number of likely N-dealkylation sites (tertiary alicyclic amines) is 1. The standard InChI is InChI=1S/C17H22FN3O2/c1-17(2,23)10-11-5-7-21(8-6-11)16(22)15-19-13-4-3-12(18)9-14(13)20-15/h3-4,9,11,23H,5-8,10H2,1-2H3,(H,19,20). The van der Waals surface area contributed by atoms with Gasteiger partial charge in [0.1, 0.15) is 5.82 Å². The summed E-state index contributed by atoms with van der Waals surface area (Å²) in [5.41, 5.74) is 0.455. The summed E-state index contributed by atoms with van der Waals surface area (Å²) in [6.45, 7) is 4.95. The van der Waals surface area contributed by atoms with Gasteiger partial charge in [-0.3, -0.25) is 4.79 Å².